The van der Waals surface area contributed by atoms with E-state index in [4.69, 9.17) is 4.74 Å². The molecule has 0 saturated carbocycles. The largest absolute Gasteiger partial charge is 0.467 e. The van der Waals surface area contributed by atoms with E-state index in [0.29, 0.717) is 25.5 Å². The Bertz CT molecular complexity index is 528. The molecule has 2 rings (SSSR count). The average molecular weight is 296 g/mol. The maximum absolute atomic E-state index is 12.3. The summed E-state index contributed by atoms with van der Waals surface area (Å²) in [6.45, 7) is 5.41. The summed E-state index contributed by atoms with van der Waals surface area (Å²) in [5.41, 5.74) is 0.892. The molecule has 8 heteroatoms. The second-order valence-corrected chi connectivity index (χ2v) is 4.75. The number of anilines is 1. The molecule has 1 aromatic rings. The number of carbonyl (C=O) groups excluding carboxylic acids is 2. The van der Waals surface area contributed by atoms with Gasteiger partial charge in [-0.15, -0.1) is 0 Å². The van der Waals surface area contributed by atoms with E-state index < -0.39 is 12.1 Å². The van der Waals surface area contributed by atoms with Crippen molar-refractivity contribution in [3.63, 3.8) is 0 Å². The van der Waals surface area contributed by atoms with Gasteiger partial charge in [-0.2, -0.15) is 5.10 Å². The molecule has 1 atom stereocenters. The van der Waals surface area contributed by atoms with Gasteiger partial charge in [0.15, 0.2) is 6.10 Å². The minimum atomic E-state index is -0.730. The third-order valence-corrected chi connectivity index (χ3v) is 3.37. The van der Waals surface area contributed by atoms with Gasteiger partial charge in [0.25, 0.3) is 0 Å². The fourth-order valence-electron chi connectivity index (χ4n) is 2.17. The number of morpholine rings is 1. The first-order chi connectivity index (χ1) is 10.1. The van der Waals surface area contributed by atoms with Crippen molar-refractivity contribution < 1.29 is 19.1 Å². The Labute approximate surface area is 123 Å². The highest BCUT2D eigenvalue weighted by Gasteiger charge is 2.30. The van der Waals surface area contributed by atoms with Crippen LogP contribution in [0.5, 0.6) is 0 Å². The Morgan fingerprint density at radius 2 is 2.33 bits per heavy atom. The second-order valence-electron chi connectivity index (χ2n) is 4.75. The molecule has 116 valence electrons. The first kappa shape index (κ1) is 15.3. The number of hydrogen-bond donors (Lipinski definition) is 1. The van der Waals surface area contributed by atoms with Crippen molar-refractivity contribution in [1.29, 1.82) is 0 Å². The predicted molar refractivity (Wildman–Crippen MR) is 75.0 cm³/mol. The van der Waals surface area contributed by atoms with E-state index in [1.807, 2.05) is 13.8 Å². The summed E-state index contributed by atoms with van der Waals surface area (Å²) in [5.74, 6) is 0.200. The van der Waals surface area contributed by atoms with E-state index in [-0.39, 0.29) is 12.6 Å². The summed E-state index contributed by atoms with van der Waals surface area (Å²) in [6, 6.07) is -0.273. The zero-order valence-corrected chi connectivity index (χ0v) is 12.5. The molecular weight excluding hydrogens is 276 g/mol. The number of rotatable bonds is 3. The lowest BCUT2D eigenvalue weighted by molar-refractivity contribution is -0.158. The van der Waals surface area contributed by atoms with Crippen LogP contribution in [0.4, 0.5) is 10.6 Å². The van der Waals surface area contributed by atoms with Gasteiger partial charge in [-0.3, -0.25) is 5.32 Å². The molecule has 0 aromatic carbocycles. The van der Waals surface area contributed by atoms with Crippen molar-refractivity contribution in [3.05, 3.63) is 11.8 Å². The molecule has 1 aliphatic heterocycles. The Morgan fingerprint density at radius 3 is 3.00 bits per heavy atom. The van der Waals surface area contributed by atoms with Crippen LogP contribution >= 0.6 is 0 Å². The monoisotopic (exact) mass is 296 g/mol. The summed E-state index contributed by atoms with van der Waals surface area (Å²) >= 11 is 0. The Morgan fingerprint density at radius 1 is 1.57 bits per heavy atom. The van der Waals surface area contributed by atoms with Crippen molar-refractivity contribution >= 4 is 17.8 Å². The van der Waals surface area contributed by atoms with E-state index in [0.717, 1.165) is 5.56 Å². The molecule has 1 saturated heterocycles. The van der Waals surface area contributed by atoms with Crippen LogP contribution in [-0.2, 0) is 20.8 Å². The van der Waals surface area contributed by atoms with Gasteiger partial charge in [0.1, 0.15) is 5.82 Å². The zero-order chi connectivity index (χ0) is 15.4. The van der Waals surface area contributed by atoms with Gasteiger partial charge in [-0.25, -0.2) is 14.3 Å². The number of carbonyl (C=O) groups is 2. The van der Waals surface area contributed by atoms with Crippen molar-refractivity contribution in [2.75, 3.05) is 32.1 Å². The molecule has 8 nitrogen and oxygen atoms in total. The van der Waals surface area contributed by atoms with Crippen LogP contribution in [0.15, 0.2) is 6.20 Å². The van der Waals surface area contributed by atoms with Gasteiger partial charge in [0.05, 0.1) is 26.5 Å². The number of amides is 2. The molecule has 1 N–H and O–H groups in total. The van der Waals surface area contributed by atoms with Crippen molar-refractivity contribution in [1.82, 2.24) is 14.7 Å². The Balaban J connectivity index is 2.03. The summed E-state index contributed by atoms with van der Waals surface area (Å²) in [4.78, 5) is 25.3. The standard InChI is InChI=1S/C13H20N4O4/c1-4-17-11(9(2)7-14-17)15-13(19)16-5-6-21-10(8-16)12(18)20-3/h7,10H,4-6,8H2,1-3H3,(H,15,19). The van der Waals surface area contributed by atoms with Gasteiger partial charge >= 0.3 is 12.0 Å². The molecular formula is C13H20N4O4. The lowest BCUT2D eigenvalue weighted by Crippen LogP contribution is -2.50. The lowest BCUT2D eigenvalue weighted by Gasteiger charge is -2.31. The zero-order valence-electron chi connectivity index (χ0n) is 12.5. The van der Waals surface area contributed by atoms with Gasteiger partial charge in [0.2, 0.25) is 0 Å². The van der Waals surface area contributed by atoms with Crippen LogP contribution in [-0.4, -0.2) is 59.6 Å². The maximum atomic E-state index is 12.3. The van der Waals surface area contributed by atoms with Crippen LogP contribution in [0.2, 0.25) is 0 Å². The fraction of sp³-hybridized carbons (Fsp3) is 0.615. The van der Waals surface area contributed by atoms with E-state index >= 15 is 0 Å². The summed E-state index contributed by atoms with van der Waals surface area (Å²) in [7, 11) is 1.30. The summed E-state index contributed by atoms with van der Waals surface area (Å²) in [5, 5.41) is 7.01. The second kappa shape index (κ2) is 6.57. The summed E-state index contributed by atoms with van der Waals surface area (Å²) in [6.07, 6.45) is 0.974. The third kappa shape index (κ3) is 3.33. The highest BCUT2D eigenvalue weighted by molar-refractivity contribution is 5.89. The highest BCUT2D eigenvalue weighted by atomic mass is 16.6. The topological polar surface area (TPSA) is 85.7 Å². The molecule has 21 heavy (non-hydrogen) atoms. The van der Waals surface area contributed by atoms with Crippen LogP contribution in [0.25, 0.3) is 0 Å². The third-order valence-electron chi connectivity index (χ3n) is 3.37. The van der Waals surface area contributed by atoms with E-state index in [1.165, 1.54) is 12.0 Å². The predicted octanol–water partition coefficient (Wildman–Crippen LogP) is 0.617. The average Bonchev–Trinajstić information content (AvgIpc) is 2.87. The maximum Gasteiger partial charge on any atom is 0.336 e. The van der Waals surface area contributed by atoms with Crippen molar-refractivity contribution in [2.45, 2.75) is 26.5 Å². The van der Waals surface area contributed by atoms with Gasteiger partial charge in [0, 0.05) is 18.7 Å². The number of urea groups is 1. The minimum Gasteiger partial charge on any atom is -0.467 e. The molecule has 1 aromatic heterocycles. The number of aromatic nitrogens is 2. The molecule has 2 heterocycles. The molecule has 2 amide bonds. The van der Waals surface area contributed by atoms with Crippen LogP contribution in [0.1, 0.15) is 12.5 Å². The van der Waals surface area contributed by atoms with Crippen molar-refractivity contribution in [3.8, 4) is 0 Å². The van der Waals surface area contributed by atoms with E-state index in [2.05, 4.69) is 15.2 Å². The van der Waals surface area contributed by atoms with Gasteiger partial charge < -0.3 is 14.4 Å². The van der Waals surface area contributed by atoms with Crippen LogP contribution < -0.4 is 5.32 Å². The first-order valence-corrected chi connectivity index (χ1v) is 6.84. The van der Waals surface area contributed by atoms with Crippen LogP contribution in [0.3, 0.4) is 0 Å². The number of nitrogens with zero attached hydrogens (tertiary/aromatic N) is 3. The number of aryl methyl sites for hydroxylation is 2. The molecule has 0 bridgehead atoms. The quantitative estimate of drug-likeness (QED) is 0.826. The molecule has 0 radical (unpaired) electrons. The van der Waals surface area contributed by atoms with Gasteiger partial charge in [-0.1, -0.05) is 0 Å². The minimum absolute atomic E-state index is 0.178. The normalized spacial score (nSPS) is 18.4. The number of hydrogen-bond acceptors (Lipinski definition) is 5. The Kier molecular flexibility index (Phi) is 4.79. The van der Waals surface area contributed by atoms with Crippen molar-refractivity contribution in [2.24, 2.45) is 0 Å². The number of ether oxygens (including phenoxy) is 2. The van der Waals surface area contributed by atoms with E-state index in [1.54, 1.807) is 10.9 Å². The van der Waals surface area contributed by atoms with Crippen LogP contribution in [0, 0.1) is 6.92 Å². The molecule has 1 fully saturated rings. The van der Waals surface area contributed by atoms with Gasteiger partial charge in [-0.05, 0) is 13.8 Å². The number of methoxy groups -OCH3 is 1. The highest BCUT2D eigenvalue weighted by Crippen LogP contribution is 2.15. The molecule has 0 spiro atoms. The smallest absolute Gasteiger partial charge is 0.336 e. The first-order valence-electron chi connectivity index (χ1n) is 6.84. The summed E-state index contributed by atoms with van der Waals surface area (Å²) < 4.78 is 11.7. The fourth-order valence-corrected chi connectivity index (χ4v) is 2.17. The number of nitrogens with one attached hydrogen (secondary N) is 1. The molecule has 1 aliphatic rings. The number of esters is 1. The van der Waals surface area contributed by atoms with E-state index in [9.17, 15) is 9.59 Å². The lowest BCUT2D eigenvalue weighted by atomic mass is 10.3. The Hall–Kier alpha value is -2.09. The molecule has 1 unspecified atom stereocenters. The SMILES string of the molecule is CCn1ncc(C)c1NC(=O)N1CCOC(C(=O)OC)C1. The molecule has 0 aliphatic carbocycles.